The van der Waals surface area contributed by atoms with E-state index < -0.39 is 72.1 Å². The van der Waals surface area contributed by atoms with Gasteiger partial charge in [-0.1, -0.05) is 62.4 Å². The number of H-pyrrole nitrogens is 1. The maximum Gasteiger partial charge on any atom is 0.305 e. The minimum atomic E-state index is -1.50. The maximum absolute atomic E-state index is 13.9. The minimum absolute atomic E-state index is 0.0108. The molecule has 5 amide bonds. The van der Waals surface area contributed by atoms with Crippen molar-refractivity contribution in [1.29, 1.82) is 0 Å². The Morgan fingerprint density at radius 2 is 1.49 bits per heavy atom. The molecule has 2 saturated heterocycles. The van der Waals surface area contributed by atoms with Gasteiger partial charge in [0, 0.05) is 30.1 Å². The quantitative estimate of drug-likeness (QED) is 0.225. The van der Waals surface area contributed by atoms with Gasteiger partial charge >= 0.3 is 5.97 Å². The lowest BCUT2D eigenvalue weighted by Crippen LogP contribution is -2.58. The highest BCUT2D eigenvalue weighted by atomic mass is 16.4. The summed E-state index contributed by atoms with van der Waals surface area (Å²) in [5.74, 6) is -4.73. The first-order chi connectivity index (χ1) is 22.5. The molecule has 2 aromatic carbocycles. The third-order valence-corrected chi connectivity index (χ3v) is 8.59. The van der Waals surface area contributed by atoms with Crippen molar-refractivity contribution >= 4 is 46.4 Å². The molecule has 2 aliphatic heterocycles. The Kier molecular flexibility index (Phi) is 10.2. The van der Waals surface area contributed by atoms with Crippen LogP contribution in [0.5, 0.6) is 0 Å². The Morgan fingerprint density at radius 1 is 0.830 bits per heavy atom. The molecule has 0 aliphatic carbocycles. The van der Waals surface area contributed by atoms with Crippen molar-refractivity contribution in [2.45, 2.75) is 76.2 Å². The highest BCUT2D eigenvalue weighted by Gasteiger charge is 2.41. The van der Waals surface area contributed by atoms with Gasteiger partial charge in [-0.25, -0.2) is 0 Å². The number of carboxylic acids is 1. The zero-order chi connectivity index (χ0) is 33.7. The molecule has 3 heterocycles. The van der Waals surface area contributed by atoms with Crippen LogP contribution in [0.3, 0.4) is 0 Å². The first-order valence-electron chi connectivity index (χ1n) is 15.9. The van der Waals surface area contributed by atoms with Crippen LogP contribution in [0.4, 0.5) is 0 Å². The number of carbonyl (C=O) groups excluding carboxylic acids is 5. The molecule has 13 heteroatoms. The Balaban J connectivity index is 1.56. The van der Waals surface area contributed by atoms with Gasteiger partial charge in [0.05, 0.1) is 6.42 Å². The Hall–Kier alpha value is -5.20. The van der Waals surface area contributed by atoms with Crippen molar-refractivity contribution in [3.8, 4) is 0 Å². The van der Waals surface area contributed by atoms with Crippen LogP contribution < -0.4 is 21.3 Å². The number of aromatic nitrogens is 1. The van der Waals surface area contributed by atoms with E-state index in [1.807, 2.05) is 38.1 Å². The van der Waals surface area contributed by atoms with Gasteiger partial charge in [-0.3, -0.25) is 28.8 Å². The number of carboxylic acid groups (broad SMARTS) is 1. The number of rotatable bonds is 7. The highest BCUT2D eigenvalue weighted by molar-refractivity contribution is 5.99. The van der Waals surface area contributed by atoms with Crippen LogP contribution >= 0.6 is 0 Å². The fraction of sp³-hybridized carbons (Fsp3) is 0.412. The number of aliphatic carboxylic acids is 1. The zero-order valence-corrected chi connectivity index (χ0v) is 26.3. The maximum atomic E-state index is 13.9. The second-order valence-corrected chi connectivity index (χ2v) is 12.5. The molecule has 3 aromatic rings. The van der Waals surface area contributed by atoms with Gasteiger partial charge in [0.2, 0.25) is 29.5 Å². The highest BCUT2D eigenvalue weighted by Crippen LogP contribution is 2.23. The number of aromatic amines is 1. The van der Waals surface area contributed by atoms with Crippen LogP contribution in [0.25, 0.3) is 10.9 Å². The van der Waals surface area contributed by atoms with E-state index in [-0.39, 0.29) is 31.7 Å². The van der Waals surface area contributed by atoms with Crippen molar-refractivity contribution in [1.82, 2.24) is 31.2 Å². The number of carbonyl (C=O) groups is 6. The van der Waals surface area contributed by atoms with Gasteiger partial charge in [0.1, 0.15) is 30.2 Å². The van der Waals surface area contributed by atoms with Crippen molar-refractivity contribution in [3.05, 3.63) is 71.9 Å². The van der Waals surface area contributed by atoms with Crippen molar-refractivity contribution in [2.75, 3.05) is 6.54 Å². The van der Waals surface area contributed by atoms with E-state index in [1.165, 1.54) is 4.90 Å². The number of nitrogens with zero attached hydrogens (tertiary/aromatic N) is 1. The molecule has 2 fully saturated rings. The summed E-state index contributed by atoms with van der Waals surface area (Å²) >= 11 is 0. The number of fused-ring (bicyclic) bond motifs is 2. The fourth-order valence-corrected chi connectivity index (χ4v) is 6.29. The second kappa shape index (κ2) is 14.5. The second-order valence-electron chi connectivity index (χ2n) is 12.5. The van der Waals surface area contributed by atoms with Gasteiger partial charge in [0.15, 0.2) is 0 Å². The normalized spacial score (nSPS) is 24.5. The molecule has 6 N–H and O–H groups in total. The molecule has 0 unspecified atom stereocenters. The van der Waals surface area contributed by atoms with Crippen LogP contribution in [-0.4, -0.2) is 81.2 Å². The van der Waals surface area contributed by atoms with Gasteiger partial charge in [-0.15, -0.1) is 0 Å². The van der Waals surface area contributed by atoms with E-state index in [1.54, 1.807) is 36.5 Å². The number of hydrogen-bond acceptors (Lipinski definition) is 6. The van der Waals surface area contributed by atoms with E-state index in [0.717, 1.165) is 10.9 Å². The summed E-state index contributed by atoms with van der Waals surface area (Å²) in [7, 11) is 0. The Morgan fingerprint density at radius 3 is 2.21 bits per heavy atom. The summed E-state index contributed by atoms with van der Waals surface area (Å²) in [6.07, 6.45) is 1.99. The van der Waals surface area contributed by atoms with Crippen LogP contribution in [0.15, 0.2) is 60.8 Å². The van der Waals surface area contributed by atoms with E-state index in [4.69, 9.17) is 0 Å². The summed E-state index contributed by atoms with van der Waals surface area (Å²) in [5, 5.41) is 21.4. The molecule has 2 aliphatic rings. The molecule has 5 rings (SSSR count). The van der Waals surface area contributed by atoms with Crippen LogP contribution in [0.2, 0.25) is 0 Å². The molecule has 0 bridgehead atoms. The van der Waals surface area contributed by atoms with Crippen molar-refractivity contribution < 1.29 is 33.9 Å². The zero-order valence-electron chi connectivity index (χ0n) is 26.3. The lowest BCUT2D eigenvalue weighted by atomic mass is 9.99. The van der Waals surface area contributed by atoms with Crippen molar-refractivity contribution in [2.24, 2.45) is 5.92 Å². The first kappa shape index (κ1) is 33.2. The van der Waals surface area contributed by atoms with Crippen molar-refractivity contribution in [3.63, 3.8) is 0 Å². The Bertz CT molecular complexity index is 1650. The van der Waals surface area contributed by atoms with Gasteiger partial charge in [-0.05, 0) is 42.4 Å². The summed E-state index contributed by atoms with van der Waals surface area (Å²) in [6, 6.07) is 10.0. The molecule has 0 spiro atoms. The Labute approximate surface area is 271 Å². The largest absolute Gasteiger partial charge is 0.481 e. The molecular weight excluding hydrogens is 604 g/mol. The summed E-state index contributed by atoms with van der Waals surface area (Å²) in [6.45, 7) is 3.94. The topological polar surface area (TPSA) is 190 Å². The summed E-state index contributed by atoms with van der Waals surface area (Å²) in [4.78, 5) is 85.5. The van der Waals surface area contributed by atoms with Gasteiger partial charge in [-0.2, -0.15) is 0 Å². The number of nitrogens with one attached hydrogen (secondary N) is 5. The lowest BCUT2D eigenvalue weighted by molar-refractivity contribution is -0.146. The third kappa shape index (κ3) is 7.79. The van der Waals surface area contributed by atoms with E-state index in [0.29, 0.717) is 17.5 Å². The fourth-order valence-electron chi connectivity index (χ4n) is 6.29. The number of amides is 5. The smallest absolute Gasteiger partial charge is 0.305 e. The SMILES string of the molecule is CC(C)C[C@H]1NC(=O)[C@H](c2ccccc2)NC(=O)[C@H]2CCCN2C(=O)[C@H](CC(=O)O)NC(=O)[C@H](Cc2c[nH]c3ccccc23)NC1=O. The third-order valence-electron chi connectivity index (χ3n) is 8.59. The van der Waals surface area contributed by atoms with Crippen LogP contribution in [-0.2, 0) is 35.2 Å². The molecule has 248 valence electrons. The van der Waals surface area contributed by atoms with E-state index in [9.17, 15) is 33.9 Å². The molecule has 1 aromatic heterocycles. The van der Waals surface area contributed by atoms with Crippen LogP contribution in [0, 0.1) is 5.92 Å². The molecule has 0 radical (unpaired) electrons. The average Bonchev–Trinajstić information content (AvgIpc) is 3.69. The van der Waals surface area contributed by atoms with E-state index in [2.05, 4.69) is 26.3 Å². The lowest BCUT2D eigenvalue weighted by Gasteiger charge is -2.30. The molecule has 47 heavy (non-hydrogen) atoms. The van der Waals surface area contributed by atoms with Gasteiger partial charge in [0.25, 0.3) is 0 Å². The predicted octanol–water partition coefficient (Wildman–Crippen LogP) is 1.55. The average molecular weight is 645 g/mol. The molecule has 5 atom stereocenters. The minimum Gasteiger partial charge on any atom is -0.481 e. The number of benzene rings is 2. The number of hydrogen-bond donors (Lipinski definition) is 6. The predicted molar refractivity (Wildman–Crippen MR) is 172 cm³/mol. The molecule has 0 saturated carbocycles. The summed E-state index contributed by atoms with van der Waals surface area (Å²) in [5.41, 5.74) is 2.00. The van der Waals surface area contributed by atoms with Gasteiger partial charge < -0.3 is 36.3 Å². The monoisotopic (exact) mass is 644 g/mol. The van der Waals surface area contributed by atoms with E-state index >= 15 is 0 Å². The molecule has 13 nitrogen and oxygen atoms in total. The number of para-hydroxylation sites is 1. The first-order valence-corrected chi connectivity index (χ1v) is 15.9. The molecular formula is C34H40N6O7. The van der Waals surface area contributed by atoms with Crippen LogP contribution in [0.1, 0.15) is 56.7 Å². The standard InChI is InChI=1S/C34H40N6O7/c1-19(2)15-24-30(43)36-25(16-21-18-35-23-12-7-6-11-22(21)23)31(44)38-26(17-28(41)42)34(47)40-14-8-13-27(40)32(45)39-29(33(46)37-24)20-9-4-3-5-10-20/h3-7,9-12,18-19,24-27,29,35H,8,13-17H2,1-2H3,(H,36,43)(H,37,46)(H,38,44)(H,39,45)(H,41,42)/t24-,25+,26+,27-,29+/m1/s1. The summed E-state index contributed by atoms with van der Waals surface area (Å²) < 4.78 is 0.